The lowest BCUT2D eigenvalue weighted by atomic mass is 35.5. The van der Waals surface area contributed by atoms with Crippen LogP contribution in [0.25, 0.3) is 0 Å². The van der Waals surface area contributed by atoms with Crippen LogP contribution >= 0.6 is 99.3 Å². The molecule has 0 atom stereocenters. The number of halogens is 7. The fraction of sp³-hybridized carbons (Fsp3) is 0. The van der Waals surface area contributed by atoms with Gasteiger partial charge in [0.1, 0.15) is 0 Å². The molecule has 0 aromatic carbocycles. The van der Waals surface area contributed by atoms with E-state index in [4.69, 9.17) is 0 Å². The third kappa shape index (κ3) is 50.2. The van der Waals surface area contributed by atoms with Crippen molar-refractivity contribution >= 4 is 99.3 Å². The topological polar surface area (TPSA) is 0 Å². The molecular weight excluding hydrogens is 431 g/mol. The summed E-state index contributed by atoms with van der Waals surface area (Å²) in [7, 11) is 0. The minimum atomic E-state index is 0. The van der Waals surface area contributed by atoms with E-state index in [2.05, 4.69) is 37.2 Å². The highest BCUT2D eigenvalue weighted by Gasteiger charge is 1.00. The van der Waals surface area contributed by atoms with E-state index in [0.29, 0.717) is 0 Å². The van der Waals surface area contributed by atoms with Crippen molar-refractivity contribution in [1.29, 1.82) is 0 Å². The van der Waals surface area contributed by atoms with E-state index in [0.717, 1.165) is 0 Å². The molecule has 0 saturated carbocycles. The van der Waals surface area contributed by atoms with Crippen LogP contribution in [0.5, 0.6) is 0 Å². The molecule has 0 aliphatic heterocycles. The monoisotopic (exact) mass is 434 g/mol. The average Bonchev–Trinajstić information content (AvgIpc) is 1.00. The van der Waals surface area contributed by atoms with E-state index < -0.39 is 0 Å². The molecule has 0 aromatic rings. The highest BCUT2D eigenvalue weighted by molar-refractivity contribution is 15.0. The standard InChI is InChI=1S/5ClH.I2/c;;;;;1-2/h5*1H;. The van der Waals surface area contributed by atoms with Gasteiger partial charge >= 0.3 is 0 Å². The number of hydrogen-bond acceptors (Lipinski definition) is 0. The molecular formula is H5Cl5I2. The molecule has 0 aliphatic rings. The Labute approximate surface area is 97.7 Å². The fourth-order valence-corrected chi connectivity index (χ4v) is 0. The summed E-state index contributed by atoms with van der Waals surface area (Å²) in [6.45, 7) is 0. The molecule has 0 rings (SSSR count). The van der Waals surface area contributed by atoms with Gasteiger partial charge in [-0.2, -0.15) is 0 Å². The molecule has 7 heavy (non-hydrogen) atoms. The molecule has 54 valence electrons. The molecule has 0 saturated heterocycles. The predicted molar refractivity (Wildman–Crippen MR) is 64.3 cm³/mol. The van der Waals surface area contributed by atoms with E-state index in [1.807, 2.05) is 0 Å². The van der Waals surface area contributed by atoms with Crippen molar-refractivity contribution in [3.8, 4) is 0 Å². The summed E-state index contributed by atoms with van der Waals surface area (Å²) in [5.74, 6) is 0. The van der Waals surface area contributed by atoms with Crippen LogP contribution in [0.2, 0.25) is 0 Å². The maximum absolute atomic E-state index is 2.12. The Kier molecular flexibility index (Phi) is 484. The number of rotatable bonds is 0. The first kappa shape index (κ1) is 51.5. The maximum atomic E-state index is 2.12. The van der Waals surface area contributed by atoms with Crippen molar-refractivity contribution in [3.63, 3.8) is 0 Å². The summed E-state index contributed by atoms with van der Waals surface area (Å²) in [6, 6.07) is 0. The highest BCUT2D eigenvalue weighted by Crippen LogP contribution is 1.89. The Morgan fingerprint density at radius 1 is 0.429 bits per heavy atom. The Morgan fingerprint density at radius 2 is 0.429 bits per heavy atom. The van der Waals surface area contributed by atoms with E-state index >= 15 is 0 Å². The van der Waals surface area contributed by atoms with Crippen LogP contribution < -0.4 is 0 Å². The smallest absolute Gasteiger partial charge is 0 e. The molecule has 0 spiro atoms. The van der Waals surface area contributed by atoms with Crippen LogP contribution in [0.3, 0.4) is 0 Å². The normalized spacial score (nSPS) is 0.857. The second-order valence-electron chi connectivity index (χ2n) is 0. The Bertz CT molecular complexity index is 6.04. The van der Waals surface area contributed by atoms with E-state index in [-0.39, 0.29) is 62.0 Å². The molecule has 0 aromatic heterocycles. The lowest BCUT2D eigenvalue weighted by Gasteiger charge is -1.000. The lowest BCUT2D eigenvalue weighted by Crippen LogP contribution is -0.114. The third-order valence-corrected chi connectivity index (χ3v) is 0. The number of hydrogen-bond donors (Lipinski definition) is 0. The second-order valence-corrected chi connectivity index (χ2v) is 0. The van der Waals surface area contributed by atoms with Crippen molar-refractivity contribution in [3.05, 3.63) is 0 Å². The van der Waals surface area contributed by atoms with Crippen molar-refractivity contribution in [2.24, 2.45) is 0 Å². The van der Waals surface area contributed by atoms with Crippen molar-refractivity contribution in [1.82, 2.24) is 0 Å². The summed E-state index contributed by atoms with van der Waals surface area (Å²) < 4.78 is 0. The molecule has 7 heteroatoms. The van der Waals surface area contributed by atoms with Crippen LogP contribution in [-0.2, 0) is 0 Å². The van der Waals surface area contributed by atoms with Crippen LogP contribution in [-0.4, -0.2) is 0 Å². The maximum Gasteiger partial charge on any atom is 0 e. The van der Waals surface area contributed by atoms with Crippen molar-refractivity contribution < 1.29 is 0 Å². The highest BCUT2D eigenvalue weighted by atomic mass is 128. The second kappa shape index (κ2) is 65.8. The Balaban J connectivity index is -0.000000000500. The molecule has 0 fully saturated rings. The molecule has 0 unspecified atom stereocenters. The quantitative estimate of drug-likeness (QED) is 0.506. The minimum absolute atomic E-state index is 0. The van der Waals surface area contributed by atoms with Gasteiger partial charge in [-0.15, -0.1) is 62.0 Å². The summed E-state index contributed by atoms with van der Waals surface area (Å²) >= 11 is 4.24. The summed E-state index contributed by atoms with van der Waals surface area (Å²) in [6.07, 6.45) is 0. The zero-order valence-corrected chi connectivity index (χ0v) is 11.2. The Morgan fingerprint density at radius 3 is 0.429 bits per heavy atom. The molecule has 0 amide bonds. The van der Waals surface area contributed by atoms with Crippen molar-refractivity contribution in [2.45, 2.75) is 0 Å². The van der Waals surface area contributed by atoms with Gasteiger partial charge in [-0.3, -0.25) is 0 Å². The summed E-state index contributed by atoms with van der Waals surface area (Å²) in [5.41, 5.74) is 0. The average molecular weight is 436 g/mol. The first-order chi connectivity index (χ1) is 1.00. The molecule has 0 N–H and O–H groups in total. The third-order valence-electron chi connectivity index (χ3n) is 0. The predicted octanol–water partition coefficient (Wildman–Crippen LogP) is 3.88. The van der Waals surface area contributed by atoms with Gasteiger partial charge in [0, 0.05) is 37.2 Å². The SMILES string of the molecule is Cl.Cl.Cl.Cl.Cl.II. The van der Waals surface area contributed by atoms with Gasteiger partial charge in [0.2, 0.25) is 0 Å². The van der Waals surface area contributed by atoms with E-state index in [1.54, 1.807) is 0 Å². The van der Waals surface area contributed by atoms with Crippen LogP contribution in [0.15, 0.2) is 0 Å². The molecule has 0 nitrogen and oxygen atoms in total. The first-order valence-corrected chi connectivity index (χ1v) is 6.43. The minimum Gasteiger partial charge on any atom is -0.147 e. The lowest BCUT2D eigenvalue weighted by molar-refractivity contribution is 5.85. The molecule has 0 heterocycles. The van der Waals surface area contributed by atoms with Gasteiger partial charge in [-0.25, -0.2) is 0 Å². The van der Waals surface area contributed by atoms with Gasteiger partial charge in [0.15, 0.2) is 0 Å². The fourth-order valence-electron chi connectivity index (χ4n) is 0. The van der Waals surface area contributed by atoms with E-state index in [9.17, 15) is 0 Å². The van der Waals surface area contributed by atoms with Gasteiger partial charge in [-0.05, 0) is 0 Å². The van der Waals surface area contributed by atoms with Gasteiger partial charge in [0.25, 0.3) is 0 Å². The zero-order chi connectivity index (χ0) is 2.00. The van der Waals surface area contributed by atoms with E-state index in [1.165, 1.54) is 0 Å². The summed E-state index contributed by atoms with van der Waals surface area (Å²) in [4.78, 5) is 0. The van der Waals surface area contributed by atoms with Gasteiger partial charge in [-0.1, -0.05) is 0 Å². The zero-order valence-electron chi connectivity index (χ0n) is 2.80. The van der Waals surface area contributed by atoms with Crippen LogP contribution in [0, 0.1) is 0 Å². The van der Waals surface area contributed by atoms with Crippen LogP contribution in [0.1, 0.15) is 0 Å². The first-order valence-electron chi connectivity index (χ1n) is 0.143. The molecule has 0 bridgehead atoms. The largest absolute Gasteiger partial charge is 0.147 e. The Hall–Kier alpha value is 2.91. The van der Waals surface area contributed by atoms with Gasteiger partial charge in [0.05, 0.1) is 0 Å². The van der Waals surface area contributed by atoms with Gasteiger partial charge < -0.3 is 0 Å². The summed E-state index contributed by atoms with van der Waals surface area (Å²) in [5, 5.41) is 0. The van der Waals surface area contributed by atoms with Crippen LogP contribution in [0.4, 0.5) is 0 Å². The van der Waals surface area contributed by atoms with Crippen molar-refractivity contribution in [2.75, 3.05) is 0 Å². The molecule has 0 radical (unpaired) electrons. The molecule has 0 aliphatic carbocycles.